The zero-order valence-electron chi connectivity index (χ0n) is 11.7. The molecule has 104 valence electrons. The van der Waals surface area contributed by atoms with Gasteiger partial charge in [0, 0.05) is 29.6 Å². The SMILES string of the molecule is CN1CC(c2ccc(C3(N)CCCCC3)cc2Cl)C1. The second-order valence-corrected chi connectivity index (χ2v) is 6.78. The van der Waals surface area contributed by atoms with Gasteiger partial charge in [0.25, 0.3) is 0 Å². The molecule has 0 bridgehead atoms. The van der Waals surface area contributed by atoms with Crippen molar-refractivity contribution >= 4 is 11.6 Å². The summed E-state index contributed by atoms with van der Waals surface area (Å²) in [5, 5.41) is 0.908. The molecule has 19 heavy (non-hydrogen) atoms. The van der Waals surface area contributed by atoms with Crippen LogP contribution < -0.4 is 5.73 Å². The molecule has 0 aromatic heterocycles. The molecule has 1 heterocycles. The summed E-state index contributed by atoms with van der Waals surface area (Å²) in [6.07, 6.45) is 5.98. The Bertz CT molecular complexity index is 460. The standard InChI is InChI=1S/C16H23ClN2/c1-19-10-12(11-19)14-6-5-13(9-15(14)17)16(18)7-3-2-4-8-16/h5-6,9,12H,2-4,7-8,10-11,18H2,1H3. The number of hydrogen-bond acceptors (Lipinski definition) is 2. The molecule has 3 rings (SSSR count). The van der Waals surface area contributed by atoms with Gasteiger partial charge < -0.3 is 10.6 Å². The summed E-state index contributed by atoms with van der Waals surface area (Å²) in [5.74, 6) is 0.603. The summed E-state index contributed by atoms with van der Waals surface area (Å²) in [4.78, 5) is 2.32. The maximum atomic E-state index is 6.58. The van der Waals surface area contributed by atoms with E-state index in [1.165, 1.54) is 30.4 Å². The second-order valence-electron chi connectivity index (χ2n) is 6.37. The first kappa shape index (κ1) is 13.4. The van der Waals surface area contributed by atoms with E-state index in [9.17, 15) is 0 Å². The Kier molecular flexibility index (Phi) is 3.59. The van der Waals surface area contributed by atoms with Crippen LogP contribution in [-0.4, -0.2) is 25.0 Å². The van der Waals surface area contributed by atoms with Crippen molar-refractivity contribution in [2.45, 2.75) is 43.6 Å². The molecule has 1 aromatic carbocycles. The first-order valence-electron chi connectivity index (χ1n) is 7.36. The molecule has 1 saturated carbocycles. The highest BCUT2D eigenvalue weighted by atomic mass is 35.5. The minimum Gasteiger partial charge on any atom is -0.321 e. The number of nitrogens with two attached hydrogens (primary N) is 1. The van der Waals surface area contributed by atoms with Gasteiger partial charge in [-0.05, 0) is 37.1 Å². The topological polar surface area (TPSA) is 29.3 Å². The van der Waals surface area contributed by atoms with E-state index in [2.05, 4.69) is 30.1 Å². The van der Waals surface area contributed by atoms with Gasteiger partial charge >= 0.3 is 0 Å². The lowest BCUT2D eigenvalue weighted by molar-refractivity contribution is 0.190. The molecule has 2 fully saturated rings. The van der Waals surface area contributed by atoms with Crippen LogP contribution in [0.4, 0.5) is 0 Å². The van der Waals surface area contributed by atoms with Gasteiger partial charge in [-0.1, -0.05) is 43.0 Å². The minimum absolute atomic E-state index is 0.142. The van der Waals surface area contributed by atoms with E-state index < -0.39 is 0 Å². The van der Waals surface area contributed by atoms with Gasteiger partial charge in [-0.15, -0.1) is 0 Å². The summed E-state index contributed by atoms with van der Waals surface area (Å²) in [6.45, 7) is 2.24. The second kappa shape index (κ2) is 5.08. The van der Waals surface area contributed by atoms with Crippen molar-refractivity contribution in [3.8, 4) is 0 Å². The monoisotopic (exact) mass is 278 g/mol. The third kappa shape index (κ3) is 2.54. The minimum atomic E-state index is -0.142. The van der Waals surface area contributed by atoms with E-state index in [-0.39, 0.29) is 5.54 Å². The zero-order valence-corrected chi connectivity index (χ0v) is 12.4. The van der Waals surface area contributed by atoms with Crippen LogP contribution in [0.15, 0.2) is 18.2 Å². The first-order valence-corrected chi connectivity index (χ1v) is 7.74. The number of benzene rings is 1. The predicted molar refractivity (Wildman–Crippen MR) is 80.6 cm³/mol. The molecule has 0 unspecified atom stereocenters. The highest BCUT2D eigenvalue weighted by molar-refractivity contribution is 6.31. The van der Waals surface area contributed by atoms with E-state index in [1.807, 2.05) is 0 Å². The molecule has 1 aliphatic heterocycles. The fraction of sp³-hybridized carbons (Fsp3) is 0.625. The Labute approximate surface area is 120 Å². The van der Waals surface area contributed by atoms with Gasteiger partial charge in [0.05, 0.1) is 0 Å². The summed E-state index contributed by atoms with van der Waals surface area (Å²) in [6, 6.07) is 6.55. The smallest absolute Gasteiger partial charge is 0.0445 e. The molecular formula is C16H23ClN2. The number of hydrogen-bond donors (Lipinski definition) is 1. The number of nitrogens with zero attached hydrogens (tertiary/aromatic N) is 1. The maximum absolute atomic E-state index is 6.58. The van der Waals surface area contributed by atoms with Crippen LogP contribution in [0, 0.1) is 0 Å². The number of halogens is 1. The van der Waals surface area contributed by atoms with Crippen LogP contribution in [-0.2, 0) is 5.54 Å². The third-order valence-electron chi connectivity index (χ3n) is 4.83. The molecular weight excluding hydrogens is 256 g/mol. The van der Waals surface area contributed by atoms with Crippen molar-refractivity contribution in [2.24, 2.45) is 5.73 Å². The molecule has 0 atom stereocenters. The van der Waals surface area contributed by atoms with E-state index in [1.54, 1.807) is 0 Å². The van der Waals surface area contributed by atoms with E-state index >= 15 is 0 Å². The van der Waals surface area contributed by atoms with Crippen molar-refractivity contribution in [2.75, 3.05) is 20.1 Å². The van der Waals surface area contributed by atoms with E-state index in [0.29, 0.717) is 5.92 Å². The summed E-state index contributed by atoms with van der Waals surface area (Å²) < 4.78 is 0. The first-order chi connectivity index (χ1) is 9.08. The van der Waals surface area contributed by atoms with E-state index in [4.69, 9.17) is 17.3 Å². The average molecular weight is 279 g/mol. The quantitative estimate of drug-likeness (QED) is 0.897. The normalized spacial score (nSPS) is 24.2. The lowest BCUT2D eigenvalue weighted by Gasteiger charge is -2.38. The van der Waals surface area contributed by atoms with E-state index in [0.717, 1.165) is 31.0 Å². The molecule has 2 aliphatic rings. The summed E-state index contributed by atoms with van der Waals surface area (Å²) in [5.41, 5.74) is 8.96. The van der Waals surface area contributed by atoms with Crippen molar-refractivity contribution in [1.29, 1.82) is 0 Å². The highest BCUT2D eigenvalue weighted by Crippen LogP contribution is 2.38. The van der Waals surface area contributed by atoms with Gasteiger partial charge in [0.15, 0.2) is 0 Å². The molecule has 2 N–H and O–H groups in total. The number of likely N-dealkylation sites (N-methyl/N-ethyl adjacent to an activating group) is 1. The van der Waals surface area contributed by atoms with Crippen LogP contribution >= 0.6 is 11.6 Å². The average Bonchev–Trinajstić information content (AvgIpc) is 2.36. The van der Waals surface area contributed by atoms with Gasteiger partial charge in [0.1, 0.15) is 0 Å². The summed E-state index contributed by atoms with van der Waals surface area (Å²) >= 11 is 6.49. The molecule has 1 aliphatic carbocycles. The maximum Gasteiger partial charge on any atom is 0.0445 e. The predicted octanol–water partition coefficient (Wildman–Crippen LogP) is 3.49. The zero-order chi connectivity index (χ0) is 13.5. The molecule has 0 spiro atoms. The fourth-order valence-electron chi connectivity index (χ4n) is 3.53. The van der Waals surface area contributed by atoms with Crippen LogP contribution in [0.2, 0.25) is 5.02 Å². The Morgan fingerprint density at radius 2 is 1.89 bits per heavy atom. The summed E-state index contributed by atoms with van der Waals surface area (Å²) in [7, 11) is 2.15. The highest BCUT2D eigenvalue weighted by Gasteiger charge is 2.31. The lowest BCUT2D eigenvalue weighted by Crippen LogP contribution is -2.42. The molecule has 0 radical (unpaired) electrons. The largest absolute Gasteiger partial charge is 0.321 e. The number of rotatable bonds is 2. The van der Waals surface area contributed by atoms with Crippen molar-refractivity contribution in [3.05, 3.63) is 34.3 Å². The van der Waals surface area contributed by atoms with Crippen LogP contribution in [0.25, 0.3) is 0 Å². The fourth-order valence-corrected chi connectivity index (χ4v) is 3.87. The van der Waals surface area contributed by atoms with Crippen molar-refractivity contribution in [1.82, 2.24) is 4.90 Å². The Morgan fingerprint density at radius 1 is 1.21 bits per heavy atom. The molecule has 3 heteroatoms. The third-order valence-corrected chi connectivity index (χ3v) is 5.15. The molecule has 1 saturated heterocycles. The van der Waals surface area contributed by atoms with Gasteiger partial charge in [-0.3, -0.25) is 0 Å². The Morgan fingerprint density at radius 3 is 2.47 bits per heavy atom. The molecule has 2 nitrogen and oxygen atoms in total. The van der Waals surface area contributed by atoms with Crippen molar-refractivity contribution < 1.29 is 0 Å². The van der Waals surface area contributed by atoms with Crippen LogP contribution in [0.1, 0.15) is 49.1 Å². The Hall–Kier alpha value is -0.570. The molecule has 1 aromatic rings. The van der Waals surface area contributed by atoms with Crippen molar-refractivity contribution in [3.63, 3.8) is 0 Å². The van der Waals surface area contributed by atoms with Gasteiger partial charge in [0.2, 0.25) is 0 Å². The number of likely N-dealkylation sites (tertiary alicyclic amines) is 1. The Balaban J connectivity index is 1.82. The van der Waals surface area contributed by atoms with Crippen LogP contribution in [0.3, 0.4) is 0 Å². The van der Waals surface area contributed by atoms with Crippen LogP contribution in [0.5, 0.6) is 0 Å². The molecule has 0 amide bonds. The van der Waals surface area contributed by atoms with Gasteiger partial charge in [-0.25, -0.2) is 0 Å². The van der Waals surface area contributed by atoms with Gasteiger partial charge in [-0.2, -0.15) is 0 Å². The lowest BCUT2D eigenvalue weighted by atomic mass is 9.77.